The quantitative estimate of drug-likeness (QED) is 0.815. The van der Waals surface area contributed by atoms with Crippen molar-refractivity contribution in [3.05, 3.63) is 47.3 Å². The van der Waals surface area contributed by atoms with E-state index in [9.17, 15) is 8.42 Å². The van der Waals surface area contributed by atoms with Gasteiger partial charge in [0.1, 0.15) is 0 Å². The normalized spacial score (nSPS) is 12.5. The molecule has 0 radical (unpaired) electrons. The van der Waals surface area contributed by atoms with Crippen LogP contribution in [-0.4, -0.2) is 24.7 Å². The lowest BCUT2D eigenvalue weighted by Gasteiger charge is -2.19. The van der Waals surface area contributed by atoms with Crippen molar-refractivity contribution in [2.45, 2.75) is 57.9 Å². The second kappa shape index (κ2) is 7.07. The van der Waals surface area contributed by atoms with Crippen molar-refractivity contribution >= 4 is 10.0 Å². The Morgan fingerprint density at radius 3 is 2.25 bits per heavy atom. The summed E-state index contributed by atoms with van der Waals surface area (Å²) < 4.78 is 29.2. The molecule has 0 spiro atoms. The number of aryl methyl sites for hydroxylation is 3. The minimum atomic E-state index is -3.46. The molecular weight excluding hydrogens is 322 g/mol. The van der Waals surface area contributed by atoms with Gasteiger partial charge in [-0.25, -0.2) is 13.1 Å². The number of hydrogen-bond donors (Lipinski definition) is 1. The highest BCUT2D eigenvalue weighted by molar-refractivity contribution is 7.89. The van der Waals surface area contributed by atoms with Crippen LogP contribution in [0, 0.1) is 13.8 Å². The molecule has 0 atom stereocenters. The summed E-state index contributed by atoms with van der Waals surface area (Å²) in [7, 11) is -3.46. The molecule has 1 aromatic heterocycles. The van der Waals surface area contributed by atoms with Crippen LogP contribution in [0.5, 0.6) is 0 Å². The van der Waals surface area contributed by atoms with E-state index in [1.165, 1.54) is 0 Å². The zero-order chi connectivity index (χ0) is 18.0. The van der Waals surface area contributed by atoms with Crippen molar-refractivity contribution in [3.8, 4) is 0 Å². The SMILES string of the molecule is Cc1cc(C)n(CCCNS(=O)(=O)c2ccc(C(C)(C)C)cc2)n1. The van der Waals surface area contributed by atoms with Gasteiger partial charge < -0.3 is 0 Å². The average Bonchev–Trinajstić information content (AvgIpc) is 2.81. The Morgan fingerprint density at radius 1 is 1.12 bits per heavy atom. The molecule has 1 N–H and O–H groups in total. The Hall–Kier alpha value is -1.66. The summed E-state index contributed by atoms with van der Waals surface area (Å²) in [5, 5.41) is 4.37. The molecule has 0 fully saturated rings. The third-order valence-electron chi connectivity index (χ3n) is 3.97. The first-order valence-corrected chi connectivity index (χ1v) is 9.69. The van der Waals surface area contributed by atoms with E-state index in [0.717, 1.165) is 17.0 Å². The van der Waals surface area contributed by atoms with Gasteiger partial charge in [0.2, 0.25) is 10.0 Å². The molecule has 0 bridgehead atoms. The molecule has 1 aromatic carbocycles. The molecular formula is C18H27N3O2S. The van der Waals surface area contributed by atoms with E-state index in [4.69, 9.17) is 0 Å². The van der Waals surface area contributed by atoms with Gasteiger partial charge in [-0.2, -0.15) is 5.10 Å². The number of aromatic nitrogens is 2. The van der Waals surface area contributed by atoms with Crippen molar-refractivity contribution in [3.63, 3.8) is 0 Å². The first-order chi connectivity index (χ1) is 11.1. The van der Waals surface area contributed by atoms with Gasteiger partial charge in [0, 0.05) is 18.8 Å². The van der Waals surface area contributed by atoms with Crippen molar-refractivity contribution in [1.29, 1.82) is 0 Å². The van der Waals surface area contributed by atoms with Crippen LogP contribution in [0.3, 0.4) is 0 Å². The van der Waals surface area contributed by atoms with Crippen LogP contribution in [-0.2, 0) is 22.0 Å². The predicted molar refractivity (Wildman–Crippen MR) is 96.6 cm³/mol. The summed E-state index contributed by atoms with van der Waals surface area (Å²) in [6.45, 7) is 11.4. The van der Waals surface area contributed by atoms with Gasteiger partial charge in [-0.1, -0.05) is 32.9 Å². The molecule has 0 aliphatic heterocycles. The minimum absolute atomic E-state index is 0.00940. The van der Waals surface area contributed by atoms with Gasteiger partial charge >= 0.3 is 0 Å². The highest BCUT2D eigenvalue weighted by Gasteiger charge is 2.17. The number of nitrogens with one attached hydrogen (secondary N) is 1. The molecule has 24 heavy (non-hydrogen) atoms. The lowest BCUT2D eigenvalue weighted by Crippen LogP contribution is -2.26. The van der Waals surface area contributed by atoms with Crippen LogP contribution in [0.2, 0.25) is 0 Å². The highest BCUT2D eigenvalue weighted by atomic mass is 32.2. The van der Waals surface area contributed by atoms with Gasteiger partial charge in [0.25, 0.3) is 0 Å². The largest absolute Gasteiger partial charge is 0.270 e. The fourth-order valence-electron chi connectivity index (χ4n) is 2.55. The molecule has 6 heteroatoms. The standard InChI is InChI=1S/C18H27N3O2S/c1-14-13-15(2)21(20-14)12-6-11-19-24(22,23)17-9-7-16(8-10-17)18(3,4)5/h7-10,13,19H,6,11-12H2,1-5H3. The summed E-state index contributed by atoms with van der Waals surface area (Å²) in [6, 6.07) is 9.11. The van der Waals surface area contributed by atoms with Crippen LogP contribution >= 0.6 is 0 Å². The van der Waals surface area contributed by atoms with Gasteiger partial charge in [0.15, 0.2) is 0 Å². The van der Waals surface area contributed by atoms with Crippen LogP contribution in [0.15, 0.2) is 35.2 Å². The second-order valence-corrected chi connectivity index (χ2v) is 8.94. The summed E-state index contributed by atoms with van der Waals surface area (Å²) in [4.78, 5) is 0.307. The lowest BCUT2D eigenvalue weighted by atomic mass is 9.87. The molecule has 2 aromatic rings. The van der Waals surface area contributed by atoms with E-state index in [0.29, 0.717) is 24.4 Å². The fourth-order valence-corrected chi connectivity index (χ4v) is 3.63. The van der Waals surface area contributed by atoms with Gasteiger partial charge in [-0.3, -0.25) is 4.68 Å². The topological polar surface area (TPSA) is 64.0 Å². The highest BCUT2D eigenvalue weighted by Crippen LogP contribution is 2.23. The van der Waals surface area contributed by atoms with Crippen LogP contribution in [0.4, 0.5) is 0 Å². The number of sulfonamides is 1. The third kappa shape index (κ3) is 4.68. The summed E-state index contributed by atoms with van der Waals surface area (Å²) in [5.74, 6) is 0. The van der Waals surface area contributed by atoms with E-state index in [1.54, 1.807) is 12.1 Å². The third-order valence-corrected chi connectivity index (χ3v) is 5.45. The van der Waals surface area contributed by atoms with E-state index in [1.807, 2.05) is 36.7 Å². The molecule has 5 nitrogen and oxygen atoms in total. The Morgan fingerprint density at radius 2 is 1.75 bits per heavy atom. The van der Waals surface area contributed by atoms with E-state index >= 15 is 0 Å². The van der Waals surface area contributed by atoms with Gasteiger partial charge in [-0.15, -0.1) is 0 Å². The predicted octanol–water partition coefficient (Wildman–Crippen LogP) is 3.17. The zero-order valence-electron chi connectivity index (χ0n) is 15.1. The smallest absolute Gasteiger partial charge is 0.240 e. The van der Waals surface area contributed by atoms with Crippen LogP contribution < -0.4 is 4.72 Å². The first kappa shape index (κ1) is 18.7. The molecule has 0 aliphatic rings. The Labute approximate surface area is 145 Å². The molecule has 0 saturated heterocycles. The van der Waals surface area contributed by atoms with Gasteiger partial charge in [0.05, 0.1) is 10.6 Å². The monoisotopic (exact) mass is 349 g/mol. The molecule has 1 heterocycles. The average molecular weight is 350 g/mol. The molecule has 2 rings (SSSR count). The first-order valence-electron chi connectivity index (χ1n) is 8.21. The molecule has 132 valence electrons. The molecule has 0 unspecified atom stereocenters. The summed E-state index contributed by atoms with van der Waals surface area (Å²) >= 11 is 0. The Bertz CT molecular complexity index is 785. The summed E-state index contributed by atoms with van der Waals surface area (Å²) in [6.07, 6.45) is 0.696. The summed E-state index contributed by atoms with van der Waals surface area (Å²) in [5.41, 5.74) is 3.20. The van der Waals surface area contributed by atoms with Gasteiger partial charge in [-0.05, 0) is 49.4 Å². The number of nitrogens with zero attached hydrogens (tertiary/aromatic N) is 2. The number of benzene rings is 1. The maximum atomic E-state index is 12.3. The maximum absolute atomic E-state index is 12.3. The van der Waals surface area contributed by atoms with Crippen LogP contribution in [0.1, 0.15) is 44.1 Å². The van der Waals surface area contributed by atoms with E-state index in [2.05, 4.69) is 30.6 Å². The van der Waals surface area contributed by atoms with Crippen molar-refractivity contribution in [2.24, 2.45) is 0 Å². The van der Waals surface area contributed by atoms with E-state index < -0.39 is 10.0 Å². The van der Waals surface area contributed by atoms with Crippen LogP contribution in [0.25, 0.3) is 0 Å². The fraction of sp³-hybridized carbons (Fsp3) is 0.500. The lowest BCUT2D eigenvalue weighted by molar-refractivity contribution is 0.544. The Kier molecular flexibility index (Phi) is 5.50. The van der Waals surface area contributed by atoms with E-state index in [-0.39, 0.29) is 5.41 Å². The number of rotatable bonds is 6. The molecule has 0 aliphatic carbocycles. The second-order valence-electron chi connectivity index (χ2n) is 7.18. The van der Waals surface area contributed by atoms with Crippen molar-refractivity contribution in [1.82, 2.24) is 14.5 Å². The number of hydrogen-bond acceptors (Lipinski definition) is 3. The zero-order valence-corrected chi connectivity index (χ0v) is 15.9. The van der Waals surface area contributed by atoms with Crippen molar-refractivity contribution in [2.75, 3.05) is 6.54 Å². The van der Waals surface area contributed by atoms with Crippen molar-refractivity contribution < 1.29 is 8.42 Å². The molecule has 0 saturated carbocycles. The molecule has 0 amide bonds. The maximum Gasteiger partial charge on any atom is 0.240 e. The minimum Gasteiger partial charge on any atom is -0.270 e. The Balaban J connectivity index is 1.92.